The van der Waals surface area contributed by atoms with Crippen LogP contribution in [-0.2, 0) is 9.53 Å². The Morgan fingerprint density at radius 2 is 1.92 bits per heavy atom. The molecule has 0 aliphatic heterocycles. The average Bonchev–Trinajstić information content (AvgIpc) is 2.60. The van der Waals surface area contributed by atoms with Gasteiger partial charge in [0, 0.05) is 6.08 Å². The zero-order chi connectivity index (χ0) is 17.4. The molecule has 1 aliphatic rings. The lowest BCUT2D eigenvalue weighted by Gasteiger charge is -2.29. The normalized spacial score (nSPS) is 20.6. The number of carbonyl (C=O) groups excluding carboxylic acids is 1. The maximum Gasteiger partial charge on any atom is 0.330 e. The van der Waals surface area contributed by atoms with Crippen molar-refractivity contribution in [3.8, 4) is 0 Å². The van der Waals surface area contributed by atoms with E-state index in [0.29, 0.717) is 18.1 Å². The highest BCUT2D eigenvalue weighted by Gasteiger charge is 2.24. The number of halogens is 2. The standard InChI is InChI=1S/C20H26F2O2/c1-2-19(23)24-14-5-3-4-7-15-10-12-16(13-11-15)17-8-6-9-18(21)20(17)22/h2,6,8-9,15-16H,1,3-5,7,10-14H2. The first-order chi connectivity index (χ1) is 11.6. The van der Waals surface area contributed by atoms with Crippen molar-refractivity contribution in [2.45, 2.75) is 57.3 Å². The van der Waals surface area contributed by atoms with Gasteiger partial charge in [0.1, 0.15) is 0 Å². The number of esters is 1. The van der Waals surface area contributed by atoms with Gasteiger partial charge in [0.2, 0.25) is 0 Å². The minimum absolute atomic E-state index is 0.148. The van der Waals surface area contributed by atoms with Crippen molar-refractivity contribution in [1.82, 2.24) is 0 Å². The van der Waals surface area contributed by atoms with Gasteiger partial charge in [-0.15, -0.1) is 0 Å². The Morgan fingerprint density at radius 3 is 2.62 bits per heavy atom. The van der Waals surface area contributed by atoms with E-state index in [1.165, 1.54) is 12.1 Å². The third kappa shape index (κ3) is 5.43. The predicted molar refractivity (Wildman–Crippen MR) is 90.7 cm³/mol. The number of hydrogen-bond donors (Lipinski definition) is 0. The van der Waals surface area contributed by atoms with Gasteiger partial charge in [0.25, 0.3) is 0 Å². The van der Waals surface area contributed by atoms with E-state index < -0.39 is 11.6 Å². The number of benzene rings is 1. The number of rotatable bonds is 8. The van der Waals surface area contributed by atoms with E-state index in [4.69, 9.17) is 4.74 Å². The summed E-state index contributed by atoms with van der Waals surface area (Å²) in [4.78, 5) is 10.9. The maximum absolute atomic E-state index is 13.9. The molecule has 0 heterocycles. The van der Waals surface area contributed by atoms with E-state index in [9.17, 15) is 13.6 Å². The van der Waals surface area contributed by atoms with Crippen molar-refractivity contribution in [1.29, 1.82) is 0 Å². The molecular weight excluding hydrogens is 310 g/mol. The van der Waals surface area contributed by atoms with Gasteiger partial charge in [0.05, 0.1) is 6.61 Å². The van der Waals surface area contributed by atoms with Gasteiger partial charge >= 0.3 is 5.97 Å². The molecule has 2 rings (SSSR count). The monoisotopic (exact) mass is 336 g/mol. The molecule has 1 fully saturated rings. The molecule has 0 unspecified atom stereocenters. The topological polar surface area (TPSA) is 26.3 Å². The van der Waals surface area contributed by atoms with Crippen LogP contribution in [0.1, 0.15) is 62.8 Å². The zero-order valence-electron chi connectivity index (χ0n) is 14.1. The van der Waals surface area contributed by atoms with Gasteiger partial charge < -0.3 is 4.74 Å². The molecule has 2 nitrogen and oxygen atoms in total. The van der Waals surface area contributed by atoms with Crippen LogP contribution in [-0.4, -0.2) is 12.6 Å². The minimum atomic E-state index is -0.744. The first-order valence-electron chi connectivity index (χ1n) is 8.85. The first-order valence-corrected chi connectivity index (χ1v) is 8.85. The first kappa shape index (κ1) is 18.6. The van der Waals surface area contributed by atoms with Gasteiger partial charge in [-0.25, -0.2) is 13.6 Å². The Kier molecular flexibility index (Phi) is 7.41. The Bertz CT molecular complexity index is 549. The number of carbonyl (C=O) groups is 1. The SMILES string of the molecule is C=CC(=O)OCCCCCC1CCC(c2cccc(F)c2F)CC1. The molecule has 0 atom stereocenters. The number of ether oxygens (including phenoxy) is 1. The molecule has 1 aromatic rings. The largest absolute Gasteiger partial charge is 0.463 e. The van der Waals surface area contributed by atoms with E-state index in [0.717, 1.165) is 51.4 Å². The Balaban J connectivity index is 1.63. The fraction of sp³-hybridized carbons (Fsp3) is 0.550. The highest BCUT2D eigenvalue weighted by Crippen LogP contribution is 2.38. The quantitative estimate of drug-likeness (QED) is 0.354. The van der Waals surface area contributed by atoms with E-state index in [1.54, 1.807) is 12.1 Å². The van der Waals surface area contributed by atoms with E-state index in [2.05, 4.69) is 6.58 Å². The molecule has 0 amide bonds. The summed E-state index contributed by atoms with van der Waals surface area (Å²) in [5.74, 6) is -0.955. The molecule has 0 spiro atoms. The lowest BCUT2D eigenvalue weighted by molar-refractivity contribution is -0.137. The summed E-state index contributed by atoms with van der Waals surface area (Å²) in [7, 11) is 0. The lowest BCUT2D eigenvalue weighted by Crippen LogP contribution is -2.15. The van der Waals surface area contributed by atoms with E-state index in [1.807, 2.05) is 0 Å². The average molecular weight is 336 g/mol. The van der Waals surface area contributed by atoms with Gasteiger partial charge in [-0.05, 0) is 55.6 Å². The fourth-order valence-electron chi connectivity index (χ4n) is 3.54. The zero-order valence-corrected chi connectivity index (χ0v) is 14.1. The molecule has 0 aromatic heterocycles. The summed E-state index contributed by atoms with van der Waals surface area (Å²) < 4.78 is 32.2. The van der Waals surface area contributed by atoms with Gasteiger partial charge in [-0.1, -0.05) is 38.0 Å². The van der Waals surface area contributed by atoms with Gasteiger partial charge in [-0.2, -0.15) is 0 Å². The summed E-state index contributed by atoms with van der Waals surface area (Å²) >= 11 is 0. The minimum Gasteiger partial charge on any atom is -0.463 e. The molecule has 132 valence electrons. The summed E-state index contributed by atoms with van der Waals surface area (Å²) in [5, 5.41) is 0. The third-order valence-electron chi connectivity index (χ3n) is 4.94. The van der Waals surface area contributed by atoms with Crippen LogP contribution >= 0.6 is 0 Å². The van der Waals surface area contributed by atoms with Crippen LogP contribution in [0, 0.1) is 17.6 Å². The number of unbranched alkanes of at least 4 members (excludes halogenated alkanes) is 2. The van der Waals surface area contributed by atoms with Crippen LogP contribution in [0.5, 0.6) is 0 Å². The van der Waals surface area contributed by atoms with Crippen molar-refractivity contribution in [2.24, 2.45) is 5.92 Å². The maximum atomic E-state index is 13.9. The van der Waals surface area contributed by atoms with Crippen molar-refractivity contribution >= 4 is 5.97 Å². The molecule has 4 heteroatoms. The van der Waals surface area contributed by atoms with E-state index in [-0.39, 0.29) is 11.9 Å². The fourth-order valence-corrected chi connectivity index (χ4v) is 3.54. The molecule has 1 aliphatic carbocycles. The molecule has 0 saturated heterocycles. The smallest absolute Gasteiger partial charge is 0.330 e. The predicted octanol–water partition coefficient (Wildman–Crippen LogP) is 5.53. The summed E-state index contributed by atoms with van der Waals surface area (Å²) in [6.07, 6.45) is 9.40. The highest BCUT2D eigenvalue weighted by atomic mass is 19.2. The van der Waals surface area contributed by atoms with Crippen LogP contribution in [0.4, 0.5) is 8.78 Å². The van der Waals surface area contributed by atoms with Gasteiger partial charge in [-0.3, -0.25) is 0 Å². The molecule has 0 N–H and O–H groups in total. The second kappa shape index (κ2) is 9.55. The molecule has 1 saturated carbocycles. The Hall–Kier alpha value is -1.71. The summed E-state index contributed by atoms with van der Waals surface area (Å²) in [6, 6.07) is 4.49. The molecule has 24 heavy (non-hydrogen) atoms. The van der Waals surface area contributed by atoms with E-state index >= 15 is 0 Å². The highest BCUT2D eigenvalue weighted by molar-refractivity contribution is 5.81. The van der Waals surface area contributed by atoms with Crippen LogP contribution in [0.15, 0.2) is 30.9 Å². The molecule has 0 bridgehead atoms. The van der Waals surface area contributed by atoms with Crippen molar-refractivity contribution < 1.29 is 18.3 Å². The Morgan fingerprint density at radius 1 is 1.17 bits per heavy atom. The van der Waals surface area contributed by atoms with Gasteiger partial charge in [0.15, 0.2) is 11.6 Å². The molecule has 1 aromatic carbocycles. The molecule has 0 radical (unpaired) electrons. The van der Waals surface area contributed by atoms with Crippen LogP contribution in [0.25, 0.3) is 0 Å². The van der Waals surface area contributed by atoms with Crippen LogP contribution in [0.2, 0.25) is 0 Å². The summed E-state index contributed by atoms with van der Waals surface area (Å²) in [6.45, 7) is 3.81. The summed E-state index contributed by atoms with van der Waals surface area (Å²) in [5.41, 5.74) is 0.539. The Labute approximate surface area is 142 Å². The van der Waals surface area contributed by atoms with Crippen molar-refractivity contribution in [3.05, 3.63) is 48.1 Å². The second-order valence-electron chi connectivity index (χ2n) is 6.58. The second-order valence-corrected chi connectivity index (χ2v) is 6.58. The lowest BCUT2D eigenvalue weighted by atomic mass is 9.77. The van der Waals surface area contributed by atoms with Crippen LogP contribution < -0.4 is 0 Å². The molecular formula is C20H26F2O2. The van der Waals surface area contributed by atoms with Crippen molar-refractivity contribution in [3.63, 3.8) is 0 Å². The van der Waals surface area contributed by atoms with Crippen molar-refractivity contribution in [2.75, 3.05) is 6.61 Å². The third-order valence-corrected chi connectivity index (χ3v) is 4.94. The number of hydrogen-bond acceptors (Lipinski definition) is 2. The van der Waals surface area contributed by atoms with Crippen LogP contribution in [0.3, 0.4) is 0 Å².